The number of rotatable bonds is 3. The van der Waals surface area contributed by atoms with E-state index in [0.29, 0.717) is 17.9 Å². The van der Waals surface area contributed by atoms with E-state index in [0.717, 1.165) is 6.42 Å². The Bertz CT molecular complexity index is 94.1. The predicted molar refractivity (Wildman–Crippen MR) is 52.9 cm³/mol. The first kappa shape index (κ1) is 14.7. The SMILES string of the molecule is CC(CCO)CC(C)(C)C.[Ca+2].[H-].[H-]. The van der Waals surface area contributed by atoms with Crippen LogP contribution in [0.25, 0.3) is 0 Å². The van der Waals surface area contributed by atoms with E-state index < -0.39 is 0 Å². The molecule has 0 aliphatic heterocycles. The smallest absolute Gasteiger partial charge is 1.00 e. The summed E-state index contributed by atoms with van der Waals surface area (Å²) >= 11 is 0. The van der Waals surface area contributed by atoms with Crippen molar-refractivity contribution in [2.45, 2.75) is 40.5 Å². The molecule has 0 aliphatic carbocycles. The summed E-state index contributed by atoms with van der Waals surface area (Å²) in [6, 6.07) is 0. The average molecular weight is 186 g/mol. The third-order valence-corrected chi connectivity index (χ3v) is 1.58. The fraction of sp³-hybridized carbons (Fsp3) is 1.00. The molecule has 66 valence electrons. The van der Waals surface area contributed by atoms with Gasteiger partial charge in [0, 0.05) is 6.61 Å². The monoisotopic (exact) mass is 186 g/mol. The Balaban J connectivity index is -0.000000135. The van der Waals surface area contributed by atoms with Crippen molar-refractivity contribution in [2.24, 2.45) is 11.3 Å². The molecule has 1 N–H and O–H groups in total. The molecular weight excluding hydrogens is 164 g/mol. The van der Waals surface area contributed by atoms with Gasteiger partial charge in [0.2, 0.25) is 0 Å². The van der Waals surface area contributed by atoms with Crippen LogP contribution in [0, 0.1) is 11.3 Å². The first-order chi connectivity index (χ1) is 4.45. The van der Waals surface area contributed by atoms with Crippen molar-refractivity contribution < 1.29 is 7.96 Å². The van der Waals surface area contributed by atoms with Crippen LogP contribution in [0.5, 0.6) is 0 Å². The molecule has 0 saturated heterocycles. The second-order valence-corrected chi connectivity index (χ2v) is 4.38. The van der Waals surface area contributed by atoms with Crippen molar-refractivity contribution in [3.05, 3.63) is 0 Å². The molecule has 0 aromatic carbocycles. The van der Waals surface area contributed by atoms with Crippen LogP contribution in [0.15, 0.2) is 0 Å². The van der Waals surface area contributed by atoms with Gasteiger partial charge in [-0.2, -0.15) is 0 Å². The molecule has 0 saturated carbocycles. The molecule has 11 heavy (non-hydrogen) atoms. The summed E-state index contributed by atoms with van der Waals surface area (Å²) < 4.78 is 0. The molecule has 0 radical (unpaired) electrons. The summed E-state index contributed by atoms with van der Waals surface area (Å²) in [5, 5.41) is 8.63. The minimum Gasteiger partial charge on any atom is -1.00 e. The Labute approximate surface area is 104 Å². The van der Waals surface area contributed by atoms with Crippen LogP contribution in [0.4, 0.5) is 0 Å². The normalized spacial score (nSPS) is 13.9. The van der Waals surface area contributed by atoms with E-state index in [4.69, 9.17) is 5.11 Å². The van der Waals surface area contributed by atoms with Crippen molar-refractivity contribution in [1.29, 1.82) is 0 Å². The van der Waals surface area contributed by atoms with Gasteiger partial charge in [0.15, 0.2) is 0 Å². The molecular formula is C9H22CaO. The Morgan fingerprint density at radius 2 is 1.82 bits per heavy atom. The van der Waals surface area contributed by atoms with Gasteiger partial charge in [-0.1, -0.05) is 27.7 Å². The molecule has 0 aromatic rings. The molecule has 0 aromatic heterocycles. The first-order valence-corrected chi connectivity index (χ1v) is 4.06. The van der Waals surface area contributed by atoms with Crippen molar-refractivity contribution in [1.82, 2.24) is 0 Å². The van der Waals surface area contributed by atoms with Crippen LogP contribution in [0.3, 0.4) is 0 Å². The summed E-state index contributed by atoms with van der Waals surface area (Å²) in [5.74, 6) is 0.657. The molecule has 2 heteroatoms. The van der Waals surface area contributed by atoms with E-state index in [-0.39, 0.29) is 40.6 Å². The summed E-state index contributed by atoms with van der Waals surface area (Å²) in [7, 11) is 0. The molecule has 1 unspecified atom stereocenters. The van der Waals surface area contributed by atoms with Crippen LogP contribution < -0.4 is 0 Å². The number of aliphatic hydroxyl groups excluding tert-OH is 1. The van der Waals surface area contributed by atoms with Crippen LogP contribution in [0.1, 0.15) is 43.4 Å². The average Bonchev–Trinajstić information content (AvgIpc) is 1.59. The van der Waals surface area contributed by atoms with Gasteiger partial charge in [-0.3, -0.25) is 0 Å². The van der Waals surface area contributed by atoms with Crippen molar-refractivity contribution in [2.75, 3.05) is 6.61 Å². The molecule has 0 heterocycles. The van der Waals surface area contributed by atoms with Crippen LogP contribution >= 0.6 is 0 Å². The molecule has 1 atom stereocenters. The van der Waals surface area contributed by atoms with E-state index in [1.807, 2.05) is 0 Å². The third-order valence-electron chi connectivity index (χ3n) is 1.58. The minimum absolute atomic E-state index is 0. The maximum absolute atomic E-state index is 8.63. The zero-order chi connectivity index (χ0) is 8.20. The van der Waals surface area contributed by atoms with E-state index in [9.17, 15) is 0 Å². The van der Waals surface area contributed by atoms with Gasteiger partial charge in [-0.15, -0.1) is 0 Å². The van der Waals surface area contributed by atoms with Gasteiger partial charge in [-0.05, 0) is 24.2 Å². The first-order valence-electron chi connectivity index (χ1n) is 4.06. The molecule has 0 spiro atoms. The van der Waals surface area contributed by atoms with Crippen LogP contribution in [-0.2, 0) is 0 Å². The zero-order valence-corrected chi connectivity index (χ0v) is 10.6. The summed E-state index contributed by atoms with van der Waals surface area (Å²) in [4.78, 5) is 0. The standard InChI is InChI=1S/C9H20O.Ca.2H/c1-8(5-6-10)7-9(2,3)4;;;/h8,10H,5-7H2,1-4H3;;;/q;+2;2*-1. The quantitative estimate of drug-likeness (QED) is 0.671. The fourth-order valence-corrected chi connectivity index (χ4v) is 1.37. The Morgan fingerprint density at radius 3 is 2.09 bits per heavy atom. The molecule has 0 amide bonds. The minimum atomic E-state index is 0. The topological polar surface area (TPSA) is 20.2 Å². The maximum Gasteiger partial charge on any atom is 2.00 e. The Kier molecular flexibility index (Phi) is 8.98. The van der Waals surface area contributed by atoms with Crippen molar-refractivity contribution in [3.63, 3.8) is 0 Å². The van der Waals surface area contributed by atoms with Gasteiger partial charge < -0.3 is 7.96 Å². The molecule has 0 rings (SSSR count). The Hall–Kier alpha value is 1.22. The predicted octanol–water partition coefficient (Wildman–Crippen LogP) is 2.29. The van der Waals surface area contributed by atoms with E-state index in [2.05, 4.69) is 27.7 Å². The van der Waals surface area contributed by atoms with Gasteiger partial charge in [-0.25, -0.2) is 0 Å². The number of hydrogen-bond acceptors (Lipinski definition) is 1. The number of aliphatic hydroxyl groups is 1. The van der Waals surface area contributed by atoms with Gasteiger partial charge >= 0.3 is 37.7 Å². The zero-order valence-electron chi connectivity index (χ0n) is 10.4. The third kappa shape index (κ3) is 11.2. The molecule has 0 fully saturated rings. The van der Waals surface area contributed by atoms with Crippen LogP contribution in [-0.4, -0.2) is 49.5 Å². The van der Waals surface area contributed by atoms with E-state index in [1.165, 1.54) is 6.42 Å². The molecule has 0 aliphatic rings. The fourth-order valence-electron chi connectivity index (χ4n) is 1.37. The van der Waals surface area contributed by atoms with Crippen molar-refractivity contribution >= 4 is 37.7 Å². The molecule has 1 nitrogen and oxygen atoms in total. The largest absolute Gasteiger partial charge is 2.00 e. The summed E-state index contributed by atoms with van der Waals surface area (Å²) in [6.07, 6.45) is 2.14. The van der Waals surface area contributed by atoms with Gasteiger partial charge in [0.25, 0.3) is 0 Å². The van der Waals surface area contributed by atoms with Crippen LogP contribution in [0.2, 0.25) is 0 Å². The second kappa shape index (κ2) is 6.71. The summed E-state index contributed by atoms with van der Waals surface area (Å²) in [5.41, 5.74) is 0.411. The maximum atomic E-state index is 8.63. The van der Waals surface area contributed by atoms with E-state index >= 15 is 0 Å². The van der Waals surface area contributed by atoms with E-state index in [1.54, 1.807) is 0 Å². The van der Waals surface area contributed by atoms with Gasteiger partial charge in [0.1, 0.15) is 0 Å². The Morgan fingerprint density at radius 1 is 1.36 bits per heavy atom. The number of hydrogen-bond donors (Lipinski definition) is 1. The van der Waals surface area contributed by atoms with Crippen molar-refractivity contribution in [3.8, 4) is 0 Å². The van der Waals surface area contributed by atoms with Gasteiger partial charge in [0.05, 0.1) is 0 Å². The summed E-state index contributed by atoms with van der Waals surface area (Å²) in [6.45, 7) is 9.24. The molecule has 0 bridgehead atoms. The second-order valence-electron chi connectivity index (χ2n) is 4.38.